The molecule has 0 atom stereocenters. The summed E-state index contributed by atoms with van der Waals surface area (Å²) in [7, 11) is 0. The van der Waals surface area contributed by atoms with Crippen LogP contribution in [-0.4, -0.2) is 20.6 Å². The minimum atomic E-state index is -0.551. The van der Waals surface area contributed by atoms with Crippen LogP contribution in [0.1, 0.15) is 10.4 Å². The number of nitrogens with one attached hydrogen (secondary N) is 1. The Kier molecular flexibility index (Phi) is 4.18. The highest BCUT2D eigenvalue weighted by atomic mass is 19.1. The van der Waals surface area contributed by atoms with Gasteiger partial charge in [0, 0.05) is 23.5 Å². The molecule has 0 aliphatic carbocycles. The van der Waals surface area contributed by atoms with Gasteiger partial charge in [-0.2, -0.15) is 4.68 Å². The van der Waals surface area contributed by atoms with E-state index >= 15 is 0 Å². The minimum Gasteiger partial charge on any atom is -0.267 e. The Balaban J connectivity index is 1.87. The second kappa shape index (κ2) is 6.80. The molecule has 1 N–H and O–H groups in total. The van der Waals surface area contributed by atoms with E-state index in [0.29, 0.717) is 16.5 Å². The molecule has 6 nitrogen and oxygen atoms in total. The van der Waals surface area contributed by atoms with Crippen LogP contribution in [0.3, 0.4) is 0 Å². The maximum atomic E-state index is 13.1. The van der Waals surface area contributed by atoms with Crippen molar-refractivity contribution in [3.63, 3.8) is 0 Å². The van der Waals surface area contributed by atoms with Crippen LogP contribution in [0.25, 0.3) is 22.3 Å². The lowest BCUT2D eigenvalue weighted by Gasteiger charge is -2.14. The van der Waals surface area contributed by atoms with Crippen LogP contribution in [-0.2, 0) is 0 Å². The van der Waals surface area contributed by atoms with Crippen molar-refractivity contribution in [3.05, 3.63) is 94.8 Å². The van der Waals surface area contributed by atoms with Crippen molar-refractivity contribution in [1.29, 1.82) is 0 Å². The van der Waals surface area contributed by atoms with Crippen LogP contribution in [0.4, 0.5) is 4.39 Å². The molecule has 0 bridgehead atoms. The molecule has 0 radical (unpaired) electrons. The second-order valence-corrected chi connectivity index (χ2v) is 5.78. The molecule has 0 fully saturated rings. The summed E-state index contributed by atoms with van der Waals surface area (Å²) in [5.74, 6) is -0.727. The molecule has 2 aromatic carbocycles. The van der Waals surface area contributed by atoms with Crippen molar-refractivity contribution in [2.75, 3.05) is 5.43 Å². The van der Waals surface area contributed by atoms with Crippen LogP contribution in [0, 0.1) is 5.82 Å². The highest BCUT2D eigenvalue weighted by Crippen LogP contribution is 2.17. The summed E-state index contributed by atoms with van der Waals surface area (Å²) >= 11 is 0. The molecule has 1 amide bonds. The molecule has 0 aliphatic rings. The third-order valence-electron chi connectivity index (χ3n) is 4.03. The third kappa shape index (κ3) is 3.18. The zero-order chi connectivity index (χ0) is 18.8. The van der Waals surface area contributed by atoms with Crippen molar-refractivity contribution in [3.8, 4) is 11.4 Å². The van der Waals surface area contributed by atoms with Gasteiger partial charge in [0.15, 0.2) is 5.82 Å². The highest BCUT2D eigenvalue weighted by molar-refractivity contribution is 6.00. The largest absolute Gasteiger partial charge is 0.280 e. The molecule has 132 valence electrons. The van der Waals surface area contributed by atoms with E-state index in [9.17, 15) is 14.0 Å². The summed E-state index contributed by atoms with van der Waals surface area (Å²) in [6.07, 6.45) is 3.14. The van der Waals surface area contributed by atoms with Gasteiger partial charge in [-0.05, 0) is 48.5 Å². The van der Waals surface area contributed by atoms with Gasteiger partial charge >= 0.3 is 0 Å². The number of aromatic nitrogens is 3. The van der Waals surface area contributed by atoms with Gasteiger partial charge < -0.3 is 0 Å². The lowest BCUT2D eigenvalue weighted by Crippen LogP contribution is -2.35. The number of carbonyl (C=O) groups is 1. The monoisotopic (exact) mass is 360 g/mol. The summed E-state index contributed by atoms with van der Waals surface area (Å²) in [5.41, 5.74) is 3.50. The van der Waals surface area contributed by atoms with Crippen molar-refractivity contribution in [2.24, 2.45) is 0 Å². The standard InChI is InChI=1S/C20H13FN4O2/c21-15-7-5-14(6-8-15)19(26)24-25-18(13-9-11-22-12-10-13)23-17-4-2-1-3-16(17)20(25)27/h1-12H,(H,24,26). The molecular weight excluding hydrogens is 347 g/mol. The number of pyridine rings is 1. The van der Waals surface area contributed by atoms with Crippen LogP contribution in [0.5, 0.6) is 0 Å². The summed E-state index contributed by atoms with van der Waals surface area (Å²) in [6.45, 7) is 0. The normalized spacial score (nSPS) is 10.7. The van der Waals surface area contributed by atoms with E-state index in [0.717, 1.165) is 4.68 Å². The van der Waals surface area contributed by atoms with Gasteiger partial charge in [-0.15, -0.1) is 0 Å². The van der Waals surface area contributed by atoms with E-state index in [-0.39, 0.29) is 11.4 Å². The average Bonchev–Trinajstić information content (AvgIpc) is 2.71. The Morgan fingerprint density at radius 3 is 2.41 bits per heavy atom. The predicted molar refractivity (Wildman–Crippen MR) is 99.3 cm³/mol. The topological polar surface area (TPSA) is 76.9 Å². The number of fused-ring (bicyclic) bond motifs is 1. The first-order valence-corrected chi connectivity index (χ1v) is 8.12. The Bertz CT molecular complexity index is 1190. The first-order chi connectivity index (χ1) is 13.1. The van der Waals surface area contributed by atoms with Gasteiger partial charge in [0.2, 0.25) is 0 Å². The lowest BCUT2D eigenvalue weighted by atomic mass is 10.2. The zero-order valence-electron chi connectivity index (χ0n) is 14.0. The molecule has 2 aromatic heterocycles. The van der Waals surface area contributed by atoms with Gasteiger partial charge in [0.25, 0.3) is 11.5 Å². The average molecular weight is 360 g/mol. The quantitative estimate of drug-likeness (QED) is 0.609. The molecule has 0 aliphatic heterocycles. The van der Waals surface area contributed by atoms with Crippen molar-refractivity contribution in [2.45, 2.75) is 0 Å². The van der Waals surface area contributed by atoms with E-state index in [4.69, 9.17) is 0 Å². The van der Waals surface area contributed by atoms with Crippen LogP contribution in [0.2, 0.25) is 0 Å². The van der Waals surface area contributed by atoms with Gasteiger partial charge in [-0.3, -0.25) is 20.0 Å². The molecule has 2 heterocycles. The van der Waals surface area contributed by atoms with Crippen molar-refractivity contribution in [1.82, 2.24) is 14.6 Å². The van der Waals surface area contributed by atoms with E-state index < -0.39 is 17.3 Å². The lowest BCUT2D eigenvalue weighted by molar-refractivity contribution is 0.101. The summed E-state index contributed by atoms with van der Waals surface area (Å²) in [5, 5.41) is 0.370. The van der Waals surface area contributed by atoms with Crippen LogP contribution < -0.4 is 11.0 Å². The molecule has 0 spiro atoms. The number of rotatable bonds is 3. The van der Waals surface area contributed by atoms with Gasteiger partial charge in [0.05, 0.1) is 10.9 Å². The summed E-state index contributed by atoms with van der Waals surface area (Å²) < 4.78 is 14.2. The van der Waals surface area contributed by atoms with E-state index in [1.54, 1.807) is 48.8 Å². The Morgan fingerprint density at radius 1 is 0.963 bits per heavy atom. The van der Waals surface area contributed by atoms with Gasteiger partial charge in [-0.1, -0.05) is 12.1 Å². The smallest absolute Gasteiger partial charge is 0.267 e. The fourth-order valence-corrected chi connectivity index (χ4v) is 2.70. The van der Waals surface area contributed by atoms with Gasteiger partial charge in [-0.25, -0.2) is 9.37 Å². The predicted octanol–water partition coefficient (Wildman–Crippen LogP) is 2.98. The number of halogens is 1. The van der Waals surface area contributed by atoms with Crippen molar-refractivity contribution < 1.29 is 9.18 Å². The first kappa shape index (κ1) is 16.6. The maximum absolute atomic E-state index is 13.1. The molecule has 4 rings (SSSR count). The fourth-order valence-electron chi connectivity index (χ4n) is 2.70. The van der Waals surface area contributed by atoms with Gasteiger partial charge in [0.1, 0.15) is 5.82 Å². The second-order valence-electron chi connectivity index (χ2n) is 5.78. The molecular formula is C20H13FN4O2. The first-order valence-electron chi connectivity index (χ1n) is 8.12. The fraction of sp³-hybridized carbons (Fsp3) is 0. The number of benzene rings is 2. The Morgan fingerprint density at radius 2 is 1.67 bits per heavy atom. The molecule has 0 saturated heterocycles. The van der Waals surface area contributed by atoms with Crippen LogP contribution in [0.15, 0.2) is 77.9 Å². The molecule has 27 heavy (non-hydrogen) atoms. The van der Waals surface area contributed by atoms with Crippen molar-refractivity contribution >= 4 is 16.8 Å². The number of amides is 1. The molecule has 4 aromatic rings. The van der Waals surface area contributed by atoms with E-state index in [1.807, 2.05) is 0 Å². The zero-order valence-corrected chi connectivity index (χ0v) is 14.0. The van der Waals surface area contributed by atoms with E-state index in [2.05, 4.69) is 15.4 Å². The maximum Gasteiger partial charge on any atom is 0.280 e. The third-order valence-corrected chi connectivity index (χ3v) is 4.03. The SMILES string of the molecule is O=C(Nn1c(-c2ccncc2)nc2ccccc2c1=O)c1ccc(F)cc1. The number of carbonyl (C=O) groups excluding carboxylic acids is 1. The number of para-hydroxylation sites is 1. The minimum absolute atomic E-state index is 0.220. The summed E-state index contributed by atoms with van der Waals surface area (Å²) in [4.78, 5) is 34.0. The molecule has 0 unspecified atom stereocenters. The number of nitrogens with zero attached hydrogens (tertiary/aromatic N) is 3. The molecule has 0 saturated carbocycles. The highest BCUT2D eigenvalue weighted by Gasteiger charge is 2.15. The number of hydrogen-bond acceptors (Lipinski definition) is 4. The summed E-state index contributed by atoms with van der Waals surface area (Å²) in [6, 6.07) is 15.3. The van der Waals surface area contributed by atoms with E-state index in [1.165, 1.54) is 24.3 Å². The number of hydrogen-bond donors (Lipinski definition) is 1. The molecule has 7 heteroatoms. The Labute approximate surface area is 152 Å². The van der Waals surface area contributed by atoms with Crippen LogP contribution >= 0.6 is 0 Å². The Hall–Kier alpha value is -3.87.